The van der Waals surface area contributed by atoms with Gasteiger partial charge < -0.3 is 15.0 Å². The Balaban J connectivity index is 1.61. The summed E-state index contributed by atoms with van der Waals surface area (Å²) < 4.78 is 5.46. The molecule has 0 saturated heterocycles. The third-order valence-corrected chi connectivity index (χ3v) is 6.02. The van der Waals surface area contributed by atoms with Crippen LogP contribution >= 0.6 is 11.6 Å². The lowest BCUT2D eigenvalue weighted by Gasteiger charge is -2.24. The Bertz CT molecular complexity index is 1040. The number of methoxy groups -OCH3 is 1. The number of halogens is 1. The number of amides is 1. The molecule has 3 rings (SSSR count). The lowest BCUT2D eigenvalue weighted by molar-refractivity contribution is -0.132. The van der Waals surface area contributed by atoms with Crippen molar-refractivity contribution in [2.24, 2.45) is 0 Å². The zero-order valence-corrected chi connectivity index (χ0v) is 20.6. The number of ether oxygens (including phenoxy) is 1. The monoisotopic (exact) mass is 467 g/mol. The van der Waals surface area contributed by atoms with E-state index in [0.29, 0.717) is 18.0 Å². The van der Waals surface area contributed by atoms with Gasteiger partial charge >= 0.3 is 0 Å². The molecule has 1 aromatic heterocycles. The van der Waals surface area contributed by atoms with Crippen LogP contribution in [0.4, 0.5) is 5.69 Å². The van der Waals surface area contributed by atoms with Gasteiger partial charge in [0.2, 0.25) is 5.91 Å². The highest BCUT2D eigenvalue weighted by Crippen LogP contribution is 2.28. The van der Waals surface area contributed by atoms with Gasteiger partial charge in [-0.15, -0.1) is 0 Å². The van der Waals surface area contributed by atoms with Crippen molar-refractivity contribution in [2.75, 3.05) is 19.0 Å². The summed E-state index contributed by atoms with van der Waals surface area (Å²) in [5.74, 6) is 1.02. The summed E-state index contributed by atoms with van der Waals surface area (Å²) in [7, 11) is 1.68. The van der Waals surface area contributed by atoms with Gasteiger partial charge in [0.25, 0.3) is 0 Å². The number of benzene rings is 2. The molecule has 1 atom stereocenters. The number of aromatic nitrogens is 1. The van der Waals surface area contributed by atoms with Crippen LogP contribution in [0, 0.1) is 0 Å². The van der Waals surface area contributed by atoms with Crippen molar-refractivity contribution in [1.82, 2.24) is 9.88 Å². The molecular weight excluding hydrogens is 434 g/mol. The molecule has 6 heteroatoms. The van der Waals surface area contributed by atoms with E-state index in [1.54, 1.807) is 13.3 Å². The minimum absolute atomic E-state index is 0.218. The Hall–Kier alpha value is -2.79. The average molecular weight is 468 g/mol. The van der Waals surface area contributed by atoms with Crippen LogP contribution in [0.2, 0.25) is 5.02 Å². The Morgan fingerprint density at radius 2 is 1.97 bits per heavy atom. The number of fused-ring (bicyclic) bond motifs is 1. The number of unbranched alkanes of at least 4 members (excludes halogenated alkanes) is 1. The summed E-state index contributed by atoms with van der Waals surface area (Å²) in [5, 5.41) is 5.35. The van der Waals surface area contributed by atoms with Crippen LogP contribution in [0.25, 0.3) is 10.9 Å². The summed E-state index contributed by atoms with van der Waals surface area (Å²) in [4.78, 5) is 19.3. The molecule has 1 unspecified atom stereocenters. The number of rotatable bonds is 12. The van der Waals surface area contributed by atoms with Crippen molar-refractivity contribution in [2.45, 2.75) is 58.5 Å². The van der Waals surface area contributed by atoms with Crippen LogP contribution in [0.5, 0.6) is 5.75 Å². The van der Waals surface area contributed by atoms with Gasteiger partial charge in [-0.05, 0) is 56.0 Å². The largest absolute Gasteiger partial charge is 0.497 e. The lowest BCUT2D eigenvalue weighted by Crippen LogP contribution is -2.32. The van der Waals surface area contributed by atoms with Gasteiger partial charge in [-0.2, -0.15) is 0 Å². The molecule has 2 aromatic carbocycles. The fourth-order valence-electron chi connectivity index (χ4n) is 3.91. The molecule has 0 saturated carbocycles. The first-order valence-corrected chi connectivity index (χ1v) is 12.1. The highest BCUT2D eigenvalue weighted by Gasteiger charge is 2.15. The van der Waals surface area contributed by atoms with E-state index in [4.69, 9.17) is 16.3 Å². The van der Waals surface area contributed by atoms with Gasteiger partial charge in [0.1, 0.15) is 5.75 Å². The molecule has 1 heterocycles. The molecule has 0 spiro atoms. The van der Waals surface area contributed by atoms with Crippen molar-refractivity contribution in [1.29, 1.82) is 0 Å². The Kier molecular flexibility index (Phi) is 9.37. The van der Waals surface area contributed by atoms with Gasteiger partial charge in [-0.3, -0.25) is 9.78 Å². The number of carbonyl (C=O) groups is 1. The van der Waals surface area contributed by atoms with Crippen molar-refractivity contribution in [3.8, 4) is 5.75 Å². The van der Waals surface area contributed by atoms with Crippen LogP contribution in [0.15, 0.2) is 54.7 Å². The van der Waals surface area contributed by atoms with Crippen LogP contribution in [-0.4, -0.2) is 35.5 Å². The first-order chi connectivity index (χ1) is 16.0. The predicted molar refractivity (Wildman–Crippen MR) is 137 cm³/mol. The molecule has 0 radical (unpaired) electrons. The molecule has 0 aliphatic heterocycles. The topological polar surface area (TPSA) is 54.5 Å². The van der Waals surface area contributed by atoms with Crippen LogP contribution in [-0.2, 0) is 11.3 Å². The summed E-state index contributed by atoms with van der Waals surface area (Å²) in [6, 6.07) is 15.9. The van der Waals surface area contributed by atoms with Crippen LogP contribution in [0.3, 0.4) is 0 Å². The van der Waals surface area contributed by atoms with E-state index in [1.165, 1.54) is 0 Å². The normalized spacial score (nSPS) is 11.9. The molecular formula is C27H34ClN3O2. The number of hydrogen-bond acceptors (Lipinski definition) is 4. The van der Waals surface area contributed by atoms with E-state index in [0.717, 1.165) is 60.1 Å². The average Bonchev–Trinajstić information content (AvgIpc) is 2.83. The highest BCUT2D eigenvalue weighted by molar-refractivity contribution is 6.30. The molecule has 33 heavy (non-hydrogen) atoms. The van der Waals surface area contributed by atoms with E-state index in [9.17, 15) is 4.79 Å². The molecule has 3 aromatic rings. The molecule has 0 fully saturated rings. The SMILES string of the molecule is CCCCC(=O)N(CCCC(C)Nc1cc(OC)cc2cccnc12)Cc1ccc(Cl)cc1. The highest BCUT2D eigenvalue weighted by atomic mass is 35.5. The number of pyridine rings is 1. The van der Waals surface area contributed by atoms with Crippen LogP contribution < -0.4 is 10.1 Å². The molecule has 0 aliphatic rings. The summed E-state index contributed by atoms with van der Waals surface area (Å²) in [5.41, 5.74) is 3.00. The number of nitrogens with zero attached hydrogens (tertiary/aromatic N) is 2. The van der Waals surface area contributed by atoms with Gasteiger partial charge in [-0.25, -0.2) is 0 Å². The quantitative estimate of drug-likeness (QED) is 0.322. The van der Waals surface area contributed by atoms with Gasteiger partial charge in [0.05, 0.1) is 18.3 Å². The van der Waals surface area contributed by atoms with E-state index < -0.39 is 0 Å². The molecule has 1 amide bonds. The number of nitrogens with one attached hydrogen (secondary N) is 1. The van der Waals surface area contributed by atoms with Crippen molar-refractivity contribution >= 4 is 34.1 Å². The van der Waals surface area contributed by atoms with E-state index in [2.05, 4.69) is 24.1 Å². The second kappa shape index (κ2) is 12.4. The fourth-order valence-corrected chi connectivity index (χ4v) is 4.03. The number of carbonyl (C=O) groups excluding carboxylic acids is 1. The first kappa shape index (κ1) is 24.8. The second-order valence-corrected chi connectivity index (χ2v) is 8.92. The van der Waals surface area contributed by atoms with Gasteiger partial charge in [0.15, 0.2) is 0 Å². The molecule has 0 aliphatic carbocycles. The van der Waals surface area contributed by atoms with Gasteiger partial charge in [-0.1, -0.05) is 43.1 Å². The molecule has 1 N–H and O–H groups in total. The number of anilines is 1. The summed E-state index contributed by atoms with van der Waals surface area (Å²) in [6.45, 7) is 5.62. The van der Waals surface area contributed by atoms with Crippen molar-refractivity contribution in [3.05, 3.63) is 65.3 Å². The second-order valence-electron chi connectivity index (χ2n) is 8.48. The third-order valence-electron chi connectivity index (χ3n) is 5.76. The summed E-state index contributed by atoms with van der Waals surface area (Å²) >= 11 is 6.02. The third kappa shape index (κ3) is 7.36. The fraction of sp³-hybridized carbons (Fsp3) is 0.407. The van der Waals surface area contributed by atoms with E-state index in [-0.39, 0.29) is 11.9 Å². The smallest absolute Gasteiger partial charge is 0.222 e. The maximum Gasteiger partial charge on any atom is 0.222 e. The van der Waals surface area contributed by atoms with Crippen molar-refractivity contribution in [3.63, 3.8) is 0 Å². The van der Waals surface area contributed by atoms with Gasteiger partial charge in [0, 0.05) is 48.2 Å². The van der Waals surface area contributed by atoms with E-state index >= 15 is 0 Å². The predicted octanol–water partition coefficient (Wildman–Crippen LogP) is 6.70. The van der Waals surface area contributed by atoms with E-state index in [1.807, 2.05) is 53.4 Å². The minimum Gasteiger partial charge on any atom is -0.497 e. The van der Waals surface area contributed by atoms with Crippen LogP contribution in [0.1, 0.15) is 51.5 Å². The Morgan fingerprint density at radius 3 is 2.70 bits per heavy atom. The molecule has 176 valence electrons. The minimum atomic E-state index is 0.218. The first-order valence-electron chi connectivity index (χ1n) is 11.7. The lowest BCUT2D eigenvalue weighted by atomic mass is 10.1. The Labute approximate surface area is 202 Å². The van der Waals surface area contributed by atoms with Crippen molar-refractivity contribution < 1.29 is 9.53 Å². The maximum atomic E-state index is 12.8. The molecule has 5 nitrogen and oxygen atoms in total. The maximum absolute atomic E-state index is 12.8. The zero-order valence-electron chi connectivity index (χ0n) is 19.8. The Morgan fingerprint density at radius 1 is 1.18 bits per heavy atom. The summed E-state index contributed by atoms with van der Waals surface area (Å²) in [6.07, 6.45) is 6.19. The molecule has 0 bridgehead atoms. The zero-order chi connectivity index (χ0) is 23.6. The standard InChI is InChI=1S/C27H34ClN3O2/c1-4-5-10-26(32)31(19-21-11-13-23(28)14-12-21)16-7-8-20(2)30-25-18-24(33-3)17-22-9-6-15-29-27(22)25/h6,9,11-15,17-18,20,30H,4-5,7-8,10,16,19H2,1-3H3. The number of hydrogen-bond donors (Lipinski definition) is 1.